The summed E-state index contributed by atoms with van der Waals surface area (Å²) in [5.74, 6) is 0.0158. The average Bonchev–Trinajstić information content (AvgIpc) is 2.06. The first-order chi connectivity index (χ1) is 5.64. The van der Waals surface area contributed by atoms with Crippen molar-refractivity contribution in [1.29, 1.82) is 0 Å². The molecule has 0 spiro atoms. The minimum atomic E-state index is -3.29. The molecule has 0 fully saturated rings. The van der Waals surface area contributed by atoms with Gasteiger partial charge in [0.25, 0.3) is 10.0 Å². The van der Waals surface area contributed by atoms with E-state index in [2.05, 4.69) is 9.71 Å². The highest BCUT2D eigenvalue weighted by atomic mass is 32.2. The van der Waals surface area contributed by atoms with Gasteiger partial charge < -0.3 is 0 Å². The van der Waals surface area contributed by atoms with E-state index in [0.29, 0.717) is 5.69 Å². The van der Waals surface area contributed by atoms with Crippen LogP contribution in [0.3, 0.4) is 0 Å². The third-order valence-electron chi connectivity index (χ3n) is 1.26. The summed E-state index contributed by atoms with van der Waals surface area (Å²) in [5.41, 5.74) is 0.374. The molecule has 1 aromatic heterocycles. The Kier molecular flexibility index (Phi) is 2.65. The Labute approximate surface area is 71.7 Å². The molecule has 0 N–H and O–H groups in total. The van der Waals surface area contributed by atoms with Crippen molar-refractivity contribution < 1.29 is 8.42 Å². The van der Waals surface area contributed by atoms with Gasteiger partial charge in [-0.25, -0.2) is 8.42 Å². The summed E-state index contributed by atoms with van der Waals surface area (Å²) in [6, 6.07) is 3.24. The molecular formula is C7H9N2O2S. The third-order valence-corrected chi connectivity index (χ3v) is 2.47. The highest BCUT2D eigenvalue weighted by Crippen LogP contribution is 2.05. The topological polar surface area (TPSA) is 61.1 Å². The van der Waals surface area contributed by atoms with E-state index in [1.165, 1.54) is 6.20 Å². The second-order valence-corrected chi connectivity index (χ2v) is 4.10. The predicted octanol–water partition coefficient (Wildman–Crippen LogP) is 0.667. The number of sulfonamides is 1. The lowest BCUT2D eigenvalue weighted by atomic mass is 10.4. The molecule has 12 heavy (non-hydrogen) atoms. The lowest BCUT2D eigenvalue weighted by molar-refractivity contribution is 0.591. The molecule has 4 nitrogen and oxygen atoms in total. The molecule has 0 amide bonds. The van der Waals surface area contributed by atoms with Crippen LogP contribution in [0.4, 0.5) is 5.69 Å². The summed E-state index contributed by atoms with van der Waals surface area (Å²) in [4.78, 5) is 3.74. The molecule has 1 heterocycles. The zero-order chi connectivity index (χ0) is 9.03. The van der Waals surface area contributed by atoms with Gasteiger partial charge in [0, 0.05) is 6.20 Å². The number of pyridine rings is 1. The zero-order valence-electron chi connectivity index (χ0n) is 6.64. The SMILES string of the molecule is CCS(=O)(=O)[N]c1cccnc1. The summed E-state index contributed by atoms with van der Waals surface area (Å²) in [6.07, 6.45) is 2.98. The van der Waals surface area contributed by atoms with E-state index in [1.807, 2.05) is 0 Å². The van der Waals surface area contributed by atoms with Gasteiger partial charge in [0.05, 0.1) is 17.6 Å². The van der Waals surface area contributed by atoms with Crippen LogP contribution in [0.1, 0.15) is 6.92 Å². The fourth-order valence-electron chi connectivity index (χ4n) is 0.633. The zero-order valence-corrected chi connectivity index (χ0v) is 7.45. The maximum Gasteiger partial charge on any atom is 0.253 e. The van der Waals surface area contributed by atoms with Gasteiger partial charge in [-0.15, -0.1) is 0 Å². The first-order valence-corrected chi connectivity index (χ1v) is 5.10. The molecule has 0 aliphatic rings. The van der Waals surface area contributed by atoms with Crippen LogP contribution in [-0.2, 0) is 10.0 Å². The van der Waals surface area contributed by atoms with Crippen LogP contribution in [-0.4, -0.2) is 19.2 Å². The largest absolute Gasteiger partial charge is 0.262 e. The molecule has 0 aliphatic heterocycles. The molecular weight excluding hydrogens is 176 g/mol. The maximum atomic E-state index is 11.0. The van der Waals surface area contributed by atoms with Crippen molar-refractivity contribution in [1.82, 2.24) is 9.71 Å². The Morgan fingerprint density at radius 3 is 2.83 bits per heavy atom. The van der Waals surface area contributed by atoms with E-state index in [-0.39, 0.29) is 5.75 Å². The van der Waals surface area contributed by atoms with Crippen molar-refractivity contribution in [2.24, 2.45) is 0 Å². The van der Waals surface area contributed by atoms with Gasteiger partial charge in [0.15, 0.2) is 0 Å². The second-order valence-electron chi connectivity index (χ2n) is 2.17. The second kappa shape index (κ2) is 3.53. The van der Waals surface area contributed by atoms with Gasteiger partial charge in [-0.1, -0.05) is 0 Å². The van der Waals surface area contributed by atoms with Crippen molar-refractivity contribution in [3.05, 3.63) is 24.5 Å². The van der Waals surface area contributed by atoms with E-state index >= 15 is 0 Å². The number of hydrogen-bond donors (Lipinski definition) is 0. The number of hydrogen-bond acceptors (Lipinski definition) is 3. The maximum absolute atomic E-state index is 11.0. The van der Waals surface area contributed by atoms with Gasteiger partial charge in [-0.3, -0.25) is 4.98 Å². The summed E-state index contributed by atoms with van der Waals surface area (Å²) in [5, 5.41) is 0. The van der Waals surface area contributed by atoms with Crippen molar-refractivity contribution in [2.45, 2.75) is 6.92 Å². The lowest BCUT2D eigenvalue weighted by Gasteiger charge is -1.99. The van der Waals surface area contributed by atoms with E-state index in [1.54, 1.807) is 25.3 Å². The molecule has 0 saturated heterocycles. The molecule has 0 saturated carbocycles. The summed E-state index contributed by atoms with van der Waals surface area (Å²) in [7, 11) is -3.29. The minimum Gasteiger partial charge on any atom is -0.262 e. The van der Waals surface area contributed by atoms with E-state index < -0.39 is 10.0 Å². The van der Waals surface area contributed by atoms with E-state index in [0.717, 1.165) is 0 Å². The molecule has 0 unspecified atom stereocenters. The Morgan fingerprint density at radius 2 is 2.33 bits per heavy atom. The first kappa shape index (κ1) is 8.99. The van der Waals surface area contributed by atoms with E-state index in [4.69, 9.17) is 0 Å². The highest BCUT2D eigenvalue weighted by molar-refractivity contribution is 7.89. The minimum absolute atomic E-state index is 0.0158. The standard InChI is InChI=1S/C7H9N2O2S/c1-2-12(10,11)9-7-4-3-5-8-6-7/h3-6H,2H2,1H3. The Morgan fingerprint density at radius 1 is 1.58 bits per heavy atom. The van der Waals surface area contributed by atoms with Crippen LogP contribution in [0.5, 0.6) is 0 Å². The monoisotopic (exact) mass is 185 g/mol. The third kappa shape index (κ3) is 2.50. The van der Waals surface area contributed by atoms with Crippen LogP contribution < -0.4 is 4.72 Å². The Hall–Kier alpha value is -1.10. The number of nitrogens with zero attached hydrogens (tertiary/aromatic N) is 2. The lowest BCUT2D eigenvalue weighted by Crippen LogP contribution is -2.13. The predicted molar refractivity (Wildman–Crippen MR) is 45.5 cm³/mol. The van der Waals surface area contributed by atoms with Crippen molar-refractivity contribution >= 4 is 15.7 Å². The molecule has 65 valence electrons. The van der Waals surface area contributed by atoms with E-state index in [9.17, 15) is 8.42 Å². The molecule has 0 atom stereocenters. The van der Waals surface area contributed by atoms with Gasteiger partial charge in [-0.05, 0) is 19.1 Å². The summed E-state index contributed by atoms with van der Waals surface area (Å²) < 4.78 is 25.5. The fourth-order valence-corrected chi connectivity index (χ4v) is 1.19. The van der Waals surface area contributed by atoms with Crippen LogP contribution in [0, 0.1) is 0 Å². The molecule has 5 heteroatoms. The molecule has 1 aromatic rings. The Bertz CT molecular complexity index is 334. The molecule has 0 aromatic carbocycles. The fraction of sp³-hybridized carbons (Fsp3) is 0.286. The highest BCUT2D eigenvalue weighted by Gasteiger charge is 2.08. The molecule has 1 rings (SSSR count). The molecule has 0 bridgehead atoms. The molecule has 0 aliphatic carbocycles. The van der Waals surface area contributed by atoms with Crippen LogP contribution in [0.25, 0.3) is 0 Å². The summed E-state index contributed by atoms with van der Waals surface area (Å²) in [6.45, 7) is 1.55. The van der Waals surface area contributed by atoms with Crippen molar-refractivity contribution in [3.8, 4) is 0 Å². The van der Waals surface area contributed by atoms with Crippen LogP contribution in [0.15, 0.2) is 24.5 Å². The quantitative estimate of drug-likeness (QED) is 0.695. The number of aromatic nitrogens is 1. The first-order valence-electron chi connectivity index (χ1n) is 3.50. The molecule has 1 radical (unpaired) electrons. The van der Waals surface area contributed by atoms with Gasteiger partial charge in [0.1, 0.15) is 0 Å². The van der Waals surface area contributed by atoms with Crippen LogP contribution in [0.2, 0.25) is 0 Å². The van der Waals surface area contributed by atoms with Gasteiger partial charge in [0.2, 0.25) is 0 Å². The van der Waals surface area contributed by atoms with Crippen molar-refractivity contribution in [2.75, 3.05) is 5.75 Å². The summed E-state index contributed by atoms with van der Waals surface area (Å²) >= 11 is 0. The average molecular weight is 185 g/mol. The number of rotatable bonds is 3. The normalized spacial score (nSPS) is 11.1. The van der Waals surface area contributed by atoms with Crippen molar-refractivity contribution in [3.63, 3.8) is 0 Å². The Balaban J connectivity index is 2.78. The smallest absolute Gasteiger partial charge is 0.253 e. The van der Waals surface area contributed by atoms with Gasteiger partial charge >= 0.3 is 0 Å². The van der Waals surface area contributed by atoms with Gasteiger partial charge in [-0.2, -0.15) is 4.72 Å². The van der Waals surface area contributed by atoms with Crippen LogP contribution >= 0.6 is 0 Å².